The van der Waals surface area contributed by atoms with Gasteiger partial charge >= 0.3 is 0 Å². The molecule has 0 radical (unpaired) electrons. The molecule has 0 aromatic carbocycles. The molecule has 46 heavy (non-hydrogen) atoms. The Morgan fingerprint density at radius 1 is 0.913 bits per heavy atom. The van der Waals surface area contributed by atoms with E-state index in [-0.39, 0.29) is 0 Å². The van der Waals surface area contributed by atoms with Gasteiger partial charge in [-0.3, -0.25) is 0 Å². The summed E-state index contributed by atoms with van der Waals surface area (Å²) in [5, 5.41) is 0. The first kappa shape index (κ1) is 50.2. The standard InChI is InChI=1S/C19H28.2C9H14.C3H8O.C3H8.C2H6/c1-4-11-17(2)16-18(3)12-9-10-15-19-13-7-5-6-8-14-19;1-3-4-9-6-5-8(2)7-9;1-4-6-7-8-9(3)5-2;1-3-4-2;1-3-2;1-2/h4-5,7-8,11,13-14,16-17H,6,9-10,12,15H2,1-3H3;5-8H,3-4H2,1-2H3;4-8H,1-3H3;3H2,1-2H3;3H2,1-2H3;1-2H3/b11-4-,18-16+;;6-4-,8-7-,9-5-;;;. The third-order valence-electron chi connectivity index (χ3n) is 6.42. The summed E-state index contributed by atoms with van der Waals surface area (Å²) in [5.41, 5.74) is 5.81. The molecule has 0 bridgehead atoms. The fourth-order valence-corrected chi connectivity index (χ4v) is 4.01. The molecule has 0 aliphatic heterocycles. The molecule has 2 aliphatic carbocycles. The van der Waals surface area contributed by atoms with Gasteiger partial charge in [0, 0.05) is 13.7 Å². The molecule has 0 heterocycles. The Hall–Kier alpha value is -2.64. The van der Waals surface area contributed by atoms with Crippen LogP contribution in [0.25, 0.3) is 0 Å². The van der Waals surface area contributed by atoms with Crippen molar-refractivity contribution in [3.05, 3.63) is 120 Å². The summed E-state index contributed by atoms with van der Waals surface area (Å²) in [7, 11) is 1.68. The molecule has 0 N–H and O–H groups in total. The van der Waals surface area contributed by atoms with Crippen molar-refractivity contribution in [2.45, 2.75) is 141 Å². The van der Waals surface area contributed by atoms with E-state index in [4.69, 9.17) is 0 Å². The van der Waals surface area contributed by atoms with E-state index in [1.165, 1.54) is 67.2 Å². The van der Waals surface area contributed by atoms with E-state index < -0.39 is 0 Å². The zero-order valence-corrected chi connectivity index (χ0v) is 33.2. The number of unbranched alkanes of at least 4 members (excludes halogenated alkanes) is 1. The molecule has 0 aromatic rings. The van der Waals surface area contributed by atoms with E-state index in [0.717, 1.165) is 13.0 Å². The van der Waals surface area contributed by atoms with E-state index >= 15 is 0 Å². The highest BCUT2D eigenvalue weighted by Gasteiger charge is 2.01. The predicted molar refractivity (Wildman–Crippen MR) is 217 cm³/mol. The average Bonchev–Trinajstić information content (AvgIpc) is 3.29. The maximum Gasteiger partial charge on any atom is 0.0433 e. The summed E-state index contributed by atoms with van der Waals surface area (Å²) in [6.07, 6.45) is 44.9. The normalized spacial score (nSPS) is 16.0. The molecular weight excluding hydrogens is 556 g/mol. The van der Waals surface area contributed by atoms with Crippen molar-refractivity contribution in [3.8, 4) is 0 Å². The van der Waals surface area contributed by atoms with Crippen LogP contribution in [0.1, 0.15) is 141 Å². The highest BCUT2D eigenvalue weighted by atomic mass is 16.5. The minimum absolute atomic E-state index is 0.572. The van der Waals surface area contributed by atoms with Gasteiger partial charge in [-0.25, -0.2) is 0 Å². The van der Waals surface area contributed by atoms with E-state index in [1.54, 1.807) is 7.11 Å². The Kier molecular flexibility index (Phi) is 46.2. The highest BCUT2D eigenvalue weighted by Crippen LogP contribution is 2.19. The van der Waals surface area contributed by atoms with Gasteiger partial charge in [0.15, 0.2) is 0 Å². The van der Waals surface area contributed by atoms with Gasteiger partial charge in [0.1, 0.15) is 0 Å². The second kappa shape index (κ2) is 42.4. The summed E-state index contributed by atoms with van der Waals surface area (Å²) < 4.78 is 4.54. The summed E-state index contributed by atoms with van der Waals surface area (Å²) in [6, 6.07) is 0. The van der Waals surface area contributed by atoms with Crippen LogP contribution in [0.3, 0.4) is 0 Å². The molecule has 1 heteroatoms. The lowest BCUT2D eigenvalue weighted by Gasteiger charge is -2.05. The van der Waals surface area contributed by atoms with Crippen LogP contribution in [-0.2, 0) is 4.74 Å². The minimum Gasteiger partial charge on any atom is -0.385 e. The van der Waals surface area contributed by atoms with Crippen molar-refractivity contribution < 1.29 is 4.74 Å². The molecule has 0 fully saturated rings. The zero-order chi connectivity index (χ0) is 35.8. The number of hydrogen-bond donors (Lipinski definition) is 0. The number of hydrogen-bond acceptors (Lipinski definition) is 1. The van der Waals surface area contributed by atoms with Crippen LogP contribution in [0.2, 0.25) is 0 Å². The molecule has 2 unspecified atom stereocenters. The van der Waals surface area contributed by atoms with Gasteiger partial charge in [0.25, 0.3) is 0 Å². The largest absolute Gasteiger partial charge is 0.385 e. The van der Waals surface area contributed by atoms with Crippen LogP contribution in [0.5, 0.6) is 0 Å². The van der Waals surface area contributed by atoms with Crippen LogP contribution >= 0.6 is 0 Å². The first-order chi connectivity index (χ1) is 22.2. The molecule has 2 atom stereocenters. The lowest BCUT2D eigenvalue weighted by atomic mass is 10.0. The molecule has 0 aromatic heterocycles. The van der Waals surface area contributed by atoms with E-state index in [0.29, 0.717) is 11.8 Å². The molecule has 264 valence electrons. The monoisotopic (exact) mass is 635 g/mol. The van der Waals surface area contributed by atoms with E-state index in [1.807, 2.05) is 52.8 Å². The van der Waals surface area contributed by atoms with E-state index in [2.05, 4.69) is 139 Å². The van der Waals surface area contributed by atoms with Gasteiger partial charge in [0.2, 0.25) is 0 Å². The average molecular weight is 635 g/mol. The summed E-state index contributed by atoms with van der Waals surface area (Å²) in [5.74, 6) is 1.26. The number of allylic oxidation sites excluding steroid dienone is 20. The third-order valence-corrected chi connectivity index (χ3v) is 6.42. The Balaban J connectivity index is -0.000000274. The van der Waals surface area contributed by atoms with Gasteiger partial charge in [-0.05, 0) is 97.5 Å². The quantitative estimate of drug-likeness (QED) is 0.118. The van der Waals surface area contributed by atoms with E-state index in [9.17, 15) is 0 Å². The molecule has 1 nitrogen and oxygen atoms in total. The first-order valence-corrected chi connectivity index (χ1v) is 18.3. The van der Waals surface area contributed by atoms with Gasteiger partial charge in [-0.15, -0.1) is 0 Å². The number of ether oxygens (including phenoxy) is 1. The third kappa shape index (κ3) is 41.4. The Morgan fingerprint density at radius 3 is 2.07 bits per heavy atom. The number of rotatable bonds is 12. The fourth-order valence-electron chi connectivity index (χ4n) is 4.01. The van der Waals surface area contributed by atoms with Crippen LogP contribution in [0.4, 0.5) is 0 Å². The van der Waals surface area contributed by atoms with Crippen LogP contribution in [0.15, 0.2) is 120 Å². The van der Waals surface area contributed by atoms with Crippen molar-refractivity contribution in [1.29, 1.82) is 0 Å². The zero-order valence-electron chi connectivity index (χ0n) is 33.2. The maximum absolute atomic E-state index is 4.54. The Morgan fingerprint density at radius 2 is 1.57 bits per heavy atom. The lowest BCUT2D eigenvalue weighted by molar-refractivity contribution is 0.215. The molecular formula is C45H78O. The molecule has 2 rings (SSSR count). The smallest absolute Gasteiger partial charge is 0.0433 e. The molecule has 0 saturated carbocycles. The lowest BCUT2D eigenvalue weighted by Crippen LogP contribution is -1.87. The van der Waals surface area contributed by atoms with Crippen molar-refractivity contribution in [2.75, 3.05) is 13.7 Å². The number of methoxy groups -OCH3 is 1. The molecule has 0 amide bonds. The summed E-state index contributed by atoms with van der Waals surface area (Å²) >= 11 is 0. The van der Waals surface area contributed by atoms with Crippen molar-refractivity contribution in [3.63, 3.8) is 0 Å². The topological polar surface area (TPSA) is 9.23 Å². The maximum atomic E-state index is 4.54. The van der Waals surface area contributed by atoms with Gasteiger partial charge in [-0.2, -0.15) is 0 Å². The Labute approximate surface area is 290 Å². The predicted octanol–water partition coefficient (Wildman–Crippen LogP) is 15.2. The van der Waals surface area contributed by atoms with Crippen LogP contribution < -0.4 is 0 Å². The highest BCUT2D eigenvalue weighted by molar-refractivity contribution is 5.28. The summed E-state index contributed by atoms with van der Waals surface area (Å²) in [4.78, 5) is 0. The van der Waals surface area contributed by atoms with Crippen LogP contribution in [0, 0.1) is 11.8 Å². The second-order valence-electron chi connectivity index (χ2n) is 11.3. The SMILES string of the molecule is C/C=C\C(C)/C=C(\C)CCCCC1=CC=CCC=C1.CC.CCC.CCCC1=CC(C)C=C1.CCOC.C\C=C/C=C\C(C)=C/C. The molecule has 0 saturated heterocycles. The van der Waals surface area contributed by atoms with Crippen LogP contribution in [-0.4, -0.2) is 13.7 Å². The van der Waals surface area contributed by atoms with Crippen molar-refractivity contribution >= 4 is 0 Å². The molecule has 0 spiro atoms. The van der Waals surface area contributed by atoms with Gasteiger partial charge in [-0.1, -0.05) is 175 Å². The van der Waals surface area contributed by atoms with Crippen molar-refractivity contribution in [1.82, 2.24) is 0 Å². The van der Waals surface area contributed by atoms with Crippen molar-refractivity contribution in [2.24, 2.45) is 11.8 Å². The first-order valence-electron chi connectivity index (χ1n) is 18.3. The van der Waals surface area contributed by atoms with Gasteiger partial charge in [0.05, 0.1) is 0 Å². The summed E-state index contributed by atoms with van der Waals surface area (Å²) in [6.45, 7) is 28.2. The van der Waals surface area contributed by atoms with Gasteiger partial charge < -0.3 is 4.74 Å². The second-order valence-corrected chi connectivity index (χ2v) is 11.3. The fraction of sp³-hybridized carbons (Fsp3) is 0.556. The Bertz CT molecular complexity index is 937. The molecule has 2 aliphatic rings. The minimum atomic E-state index is 0.572.